The van der Waals surface area contributed by atoms with Crippen LogP contribution in [0.25, 0.3) is 0 Å². The molecule has 2 rings (SSSR count). The quantitative estimate of drug-likeness (QED) is 0.861. The van der Waals surface area contributed by atoms with E-state index in [4.69, 9.17) is 4.74 Å². The van der Waals surface area contributed by atoms with Gasteiger partial charge in [0.1, 0.15) is 11.9 Å². The molecule has 0 aliphatic heterocycles. The molecule has 1 N–H and O–H groups in total. The molecule has 112 valence electrons. The van der Waals surface area contributed by atoms with E-state index in [0.717, 1.165) is 17.7 Å². The van der Waals surface area contributed by atoms with Crippen LogP contribution in [0.2, 0.25) is 0 Å². The minimum atomic E-state index is -0.182. The van der Waals surface area contributed by atoms with Crippen molar-refractivity contribution in [3.63, 3.8) is 0 Å². The van der Waals surface area contributed by atoms with Crippen molar-refractivity contribution in [3.05, 3.63) is 71.0 Å². The molecule has 2 aromatic rings. The molecule has 2 nitrogen and oxygen atoms in total. The third-order valence-corrected chi connectivity index (χ3v) is 3.66. The van der Waals surface area contributed by atoms with Crippen LogP contribution in [0, 0.1) is 12.7 Å². The van der Waals surface area contributed by atoms with Gasteiger partial charge in [-0.15, -0.1) is 0 Å². The SMILES string of the molecule is CCNC(c1ccc(C)c(F)c1)C(OC)c1ccccc1. The van der Waals surface area contributed by atoms with Gasteiger partial charge in [0.25, 0.3) is 0 Å². The molecule has 2 aromatic carbocycles. The Kier molecular flexibility index (Phi) is 5.48. The average molecular weight is 287 g/mol. The Balaban J connectivity index is 2.38. The van der Waals surface area contributed by atoms with E-state index in [1.165, 1.54) is 0 Å². The lowest BCUT2D eigenvalue weighted by molar-refractivity contribution is 0.0680. The standard InChI is InChI=1S/C18H22FNO/c1-4-20-17(15-11-10-13(2)16(19)12-15)18(21-3)14-8-6-5-7-9-14/h5-12,17-18,20H,4H2,1-3H3. The van der Waals surface area contributed by atoms with Gasteiger partial charge in [-0.25, -0.2) is 4.39 Å². The lowest BCUT2D eigenvalue weighted by Gasteiger charge is -2.28. The van der Waals surface area contributed by atoms with E-state index in [2.05, 4.69) is 5.32 Å². The number of halogens is 1. The highest BCUT2D eigenvalue weighted by Gasteiger charge is 2.24. The normalized spacial score (nSPS) is 13.9. The predicted octanol–water partition coefficient (Wildman–Crippen LogP) is 4.17. The molecule has 21 heavy (non-hydrogen) atoms. The Morgan fingerprint density at radius 3 is 2.38 bits per heavy atom. The first kappa shape index (κ1) is 15.7. The maximum atomic E-state index is 13.9. The van der Waals surface area contributed by atoms with E-state index < -0.39 is 0 Å². The summed E-state index contributed by atoms with van der Waals surface area (Å²) in [6.07, 6.45) is -0.159. The number of hydrogen-bond donors (Lipinski definition) is 1. The fraction of sp³-hybridized carbons (Fsp3) is 0.333. The van der Waals surface area contributed by atoms with Gasteiger partial charge in [-0.3, -0.25) is 0 Å². The number of methoxy groups -OCH3 is 1. The summed E-state index contributed by atoms with van der Waals surface area (Å²) in [5.74, 6) is -0.182. The Hall–Kier alpha value is -1.71. The van der Waals surface area contributed by atoms with Gasteiger partial charge in [-0.1, -0.05) is 49.4 Å². The molecule has 0 aliphatic carbocycles. The zero-order chi connectivity index (χ0) is 15.2. The van der Waals surface area contributed by atoms with Crippen LogP contribution in [-0.2, 0) is 4.74 Å². The Bertz CT molecular complexity index is 571. The van der Waals surface area contributed by atoms with Crippen LogP contribution in [0.5, 0.6) is 0 Å². The van der Waals surface area contributed by atoms with Gasteiger partial charge in [-0.05, 0) is 36.2 Å². The highest BCUT2D eigenvalue weighted by atomic mass is 19.1. The van der Waals surface area contributed by atoms with Crippen molar-refractivity contribution < 1.29 is 9.13 Å². The molecule has 0 aliphatic rings. The van der Waals surface area contributed by atoms with Gasteiger partial charge in [0, 0.05) is 7.11 Å². The minimum absolute atomic E-state index is 0.0856. The molecule has 0 aromatic heterocycles. The van der Waals surface area contributed by atoms with Gasteiger partial charge < -0.3 is 10.1 Å². The molecule has 2 unspecified atom stereocenters. The predicted molar refractivity (Wildman–Crippen MR) is 83.7 cm³/mol. The number of likely N-dealkylation sites (N-methyl/N-ethyl adjacent to an activating group) is 1. The summed E-state index contributed by atoms with van der Waals surface area (Å²) >= 11 is 0. The molecule has 0 spiro atoms. The molecular weight excluding hydrogens is 265 g/mol. The number of rotatable bonds is 6. The van der Waals surface area contributed by atoms with Crippen LogP contribution in [0.4, 0.5) is 4.39 Å². The molecule has 2 atom stereocenters. The fourth-order valence-corrected chi connectivity index (χ4v) is 2.53. The second-order valence-electron chi connectivity index (χ2n) is 5.11. The number of nitrogens with one attached hydrogen (secondary N) is 1. The molecule has 0 bridgehead atoms. The summed E-state index contributed by atoms with van der Waals surface area (Å²) in [6, 6.07) is 15.3. The zero-order valence-electron chi connectivity index (χ0n) is 12.8. The fourth-order valence-electron chi connectivity index (χ4n) is 2.53. The first-order chi connectivity index (χ1) is 10.2. The van der Waals surface area contributed by atoms with Crippen LogP contribution < -0.4 is 5.32 Å². The minimum Gasteiger partial charge on any atom is -0.375 e. The second-order valence-corrected chi connectivity index (χ2v) is 5.11. The monoisotopic (exact) mass is 287 g/mol. The van der Waals surface area contributed by atoms with Crippen molar-refractivity contribution in [1.82, 2.24) is 5.32 Å². The van der Waals surface area contributed by atoms with Crippen molar-refractivity contribution in [2.24, 2.45) is 0 Å². The molecule has 3 heteroatoms. The van der Waals surface area contributed by atoms with Crippen molar-refractivity contribution >= 4 is 0 Å². The Morgan fingerprint density at radius 2 is 1.81 bits per heavy atom. The highest BCUT2D eigenvalue weighted by Crippen LogP contribution is 2.32. The summed E-state index contributed by atoms with van der Waals surface area (Å²) < 4.78 is 19.6. The van der Waals surface area contributed by atoms with Crippen molar-refractivity contribution in [1.29, 1.82) is 0 Å². The van der Waals surface area contributed by atoms with Crippen LogP contribution in [0.3, 0.4) is 0 Å². The van der Waals surface area contributed by atoms with E-state index in [0.29, 0.717) is 5.56 Å². The van der Waals surface area contributed by atoms with E-state index in [1.807, 2.05) is 49.4 Å². The second kappa shape index (κ2) is 7.34. The van der Waals surface area contributed by atoms with Crippen LogP contribution in [-0.4, -0.2) is 13.7 Å². The topological polar surface area (TPSA) is 21.3 Å². The summed E-state index contributed by atoms with van der Waals surface area (Å²) in [6.45, 7) is 4.59. The molecule has 0 saturated carbocycles. The molecule has 0 amide bonds. The van der Waals surface area contributed by atoms with Gasteiger partial charge in [-0.2, -0.15) is 0 Å². The molecule has 0 radical (unpaired) electrons. The first-order valence-corrected chi connectivity index (χ1v) is 7.24. The van der Waals surface area contributed by atoms with Crippen LogP contribution in [0.1, 0.15) is 35.8 Å². The third-order valence-electron chi connectivity index (χ3n) is 3.66. The van der Waals surface area contributed by atoms with Crippen molar-refractivity contribution in [2.75, 3.05) is 13.7 Å². The summed E-state index contributed by atoms with van der Waals surface area (Å²) in [7, 11) is 1.69. The number of aryl methyl sites for hydroxylation is 1. The van der Waals surface area contributed by atoms with Crippen molar-refractivity contribution in [3.8, 4) is 0 Å². The Morgan fingerprint density at radius 1 is 1.10 bits per heavy atom. The van der Waals surface area contributed by atoms with Crippen LogP contribution in [0.15, 0.2) is 48.5 Å². The number of ether oxygens (including phenoxy) is 1. The lowest BCUT2D eigenvalue weighted by Crippen LogP contribution is -2.28. The molecule has 0 fully saturated rings. The first-order valence-electron chi connectivity index (χ1n) is 7.24. The van der Waals surface area contributed by atoms with Gasteiger partial charge in [0.2, 0.25) is 0 Å². The molecule has 0 saturated heterocycles. The van der Waals surface area contributed by atoms with Gasteiger partial charge >= 0.3 is 0 Å². The number of benzene rings is 2. The van der Waals surface area contributed by atoms with Gasteiger partial charge in [0.15, 0.2) is 0 Å². The third kappa shape index (κ3) is 3.69. The van der Waals surface area contributed by atoms with Crippen molar-refractivity contribution in [2.45, 2.75) is 26.0 Å². The maximum absolute atomic E-state index is 13.9. The van der Waals surface area contributed by atoms with E-state index in [9.17, 15) is 4.39 Å². The number of hydrogen-bond acceptors (Lipinski definition) is 2. The summed E-state index contributed by atoms with van der Waals surface area (Å²) in [5, 5.41) is 3.40. The molecule has 0 heterocycles. The smallest absolute Gasteiger partial charge is 0.126 e. The lowest BCUT2D eigenvalue weighted by atomic mass is 9.94. The van der Waals surface area contributed by atoms with E-state index >= 15 is 0 Å². The molecular formula is C18H22FNO. The van der Waals surface area contributed by atoms with E-state index in [1.54, 1.807) is 20.1 Å². The summed E-state index contributed by atoms with van der Waals surface area (Å²) in [4.78, 5) is 0. The average Bonchev–Trinajstić information content (AvgIpc) is 2.51. The highest BCUT2D eigenvalue weighted by molar-refractivity contribution is 5.29. The van der Waals surface area contributed by atoms with E-state index in [-0.39, 0.29) is 18.0 Å². The largest absolute Gasteiger partial charge is 0.375 e. The van der Waals surface area contributed by atoms with Crippen LogP contribution >= 0.6 is 0 Å². The van der Waals surface area contributed by atoms with Gasteiger partial charge in [0.05, 0.1) is 6.04 Å². The zero-order valence-corrected chi connectivity index (χ0v) is 12.8. The maximum Gasteiger partial charge on any atom is 0.126 e. The Labute approximate surface area is 126 Å². The summed E-state index contributed by atoms with van der Waals surface area (Å²) in [5.41, 5.74) is 2.63.